The molecule has 1 aromatic heterocycles. The minimum Gasteiger partial charge on any atom is -0.307 e. The zero-order chi connectivity index (χ0) is 14.8. The van der Waals surface area contributed by atoms with E-state index < -0.39 is 0 Å². The first-order valence-corrected chi connectivity index (χ1v) is 8.62. The molecule has 0 bridgehead atoms. The highest BCUT2D eigenvalue weighted by Gasteiger charge is 2.50. The molecule has 0 amide bonds. The Labute approximate surface area is 133 Å². The first-order valence-electron chi connectivity index (χ1n) is 8.62. The second kappa shape index (κ2) is 6.21. The van der Waals surface area contributed by atoms with Gasteiger partial charge in [-0.1, -0.05) is 49.2 Å². The van der Waals surface area contributed by atoms with E-state index >= 15 is 0 Å². The normalized spacial score (nSPS) is 30.4. The van der Waals surface area contributed by atoms with Crippen molar-refractivity contribution in [1.82, 2.24) is 10.3 Å². The van der Waals surface area contributed by atoms with Gasteiger partial charge in [0, 0.05) is 24.7 Å². The van der Waals surface area contributed by atoms with E-state index in [0.717, 1.165) is 24.1 Å². The Morgan fingerprint density at radius 2 is 1.68 bits per heavy atom. The average molecular weight is 292 g/mol. The maximum atomic E-state index is 4.45. The molecule has 4 atom stereocenters. The van der Waals surface area contributed by atoms with E-state index in [9.17, 15) is 0 Å². The van der Waals surface area contributed by atoms with Crippen LogP contribution >= 0.6 is 0 Å². The smallest absolute Gasteiger partial charge is 0.0541 e. The zero-order valence-electron chi connectivity index (χ0n) is 13.0. The van der Waals surface area contributed by atoms with E-state index in [1.807, 2.05) is 12.3 Å². The Bertz CT molecular complexity index is 596. The highest BCUT2D eigenvalue weighted by Crippen LogP contribution is 2.54. The maximum absolute atomic E-state index is 4.45. The van der Waals surface area contributed by atoms with Gasteiger partial charge in [-0.05, 0) is 42.4 Å². The fraction of sp³-hybridized carbons (Fsp3) is 0.450. The summed E-state index contributed by atoms with van der Waals surface area (Å²) in [7, 11) is 0. The molecule has 2 aromatic rings. The molecular weight excluding hydrogens is 268 g/mol. The van der Waals surface area contributed by atoms with Gasteiger partial charge in [-0.3, -0.25) is 4.98 Å². The van der Waals surface area contributed by atoms with Crippen LogP contribution in [0.1, 0.15) is 42.9 Å². The predicted octanol–water partition coefficient (Wildman–Crippen LogP) is 4.14. The van der Waals surface area contributed by atoms with Crippen molar-refractivity contribution < 1.29 is 0 Å². The molecule has 0 aliphatic heterocycles. The van der Waals surface area contributed by atoms with Crippen molar-refractivity contribution in [2.24, 2.45) is 11.8 Å². The molecular formula is C20H24N2. The van der Waals surface area contributed by atoms with Crippen molar-refractivity contribution >= 4 is 0 Å². The van der Waals surface area contributed by atoms with E-state index in [1.54, 1.807) is 0 Å². The molecule has 0 spiro atoms. The Morgan fingerprint density at radius 1 is 0.909 bits per heavy atom. The molecule has 1 aromatic carbocycles. The SMILES string of the molecule is c1ccc([C@H]2[C@H]3CCCC[C@H]3[C@@H]2NCc2ccccn2)cc1. The van der Waals surface area contributed by atoms with E-state index in [0.29, 0.717) is 12.0 Å². The number of hydrogen-bond donors (Lipinski definition) is 1. The van der Waals surface area contributed by atoms with Gasteiger partial charge >= 0.3 is 0 Å². The van der Waals surface area contributed by atoms with Gasteiger partial charge in [0.15, 0.2) is 0 Å². The van der Waals surface area contributed by atoms with Crippen LogP contribution in [0.4, 0.5) is 0 Å². The van der Waals surface area contributed by atoms with Crippen LogP contribution in [0.25, 0.3) is 0 Å². The van der Waals surface area contributed by atoms with Crippen molar-refractivity contribution in [3.63, 3.8) is 0 Å². The van der Waals surface area contributed by atoms with Crippen molar-refractivity contribution in [2.45, 2.75) is 44.2 Å². The summed E-state index contributed by atoms with van der Waals surface area (Å²) in [5.41, 5.74) is 2.66. The molecule has 1 N–H and O–H groups in total. The van der Waals surface area contributed by atoms with Crippen molar-refractivity contribution in [3.8, 4) is 0 Å². The molecule has 2 heteroatoms. The fourth-order valence-corrected chi connectivity index (χ4v) is 4.60. The standard InChI is InChI=1S/C20H24N2/c1-2-8-15(9-3-1)19-17-11-4-5-12-18(17)20(19)22-14-16-10-6-7-13-21-16/h1-3,6-10,13,17-20,22H,4-5,11-12,14H2/t17-,18+,19-,20-/m0/s1. The first-order chi connectivity index (χ1) is 10.9. The summed E-state index contributed by atoms with van der Waals surface area (Å²) in [5, 5.41) is 3.82. The third kappa shape index (κ3) is 2.56. The second-order valence-electron chi connectivity index (χ2n) is 6.78. The minimum atomic E-state index is 0.620. The second-order valence-corrected chi connectivity index (χ2v) is 6.78. The quantitative estimate of drug-likeness (QED) is 0.916. The minimum absolute atomic E-state index is 0.620. The average Bonchev–Trinajstić information content (AvgIpc) is 2.58. The predicted molar refractivity (Wildman–Crippen MR) is 89.5 cm³/mol. The third-order valence-electron chi connectivity index (χ3n) is 5.61. The number of rotatable bonds is 4. The van der Waals surface area contributed by atoms with Gasteiger partial charge in [-0.2, -0.15) is 0 Å². The molecule has 1 heterocycles. The summed E-state index contributed by atoms with van der Waals surface area (Å²) in [5.74, 6) is 2.44. The van der Waals surface area contributed by atoms with Crippen LogP contribution in [0.15, 0.2) is 54.7 Å². The van der Waals surface area contributed by atoms with E-state index in [-0.39, 0.29) is 0 Å². The summed E-state index contributed by atoms with van der Waals surface area (Å²) in [4.78, 5) is 4.45. The molecule has 2 saturated carbocycles. The van der Waals surface area contributed by atoms with Crippen LogP contribution in [0.2, 0.25) is 0 Å². The van der Waals surface area contributed by atoms with Crippen LogP contribution in [0, 0.1) is 11.8 Å². The van der Waals surface area contributed by atoms with Gasteiger partial charge < -0.3 is 5.32 Å². The number of nitrogens with one attached hydrogen (secondary N) is 1. The summed E-state index contributed by atoms with van der Waals surface area (Å²) in [6.07, 6.45) is 7.51. The molecule has 2 aliphatic carbocycles. The molecule has 2 aliphatic rings. The van der Waals surface area contributed by atoms with Crippen LogP contribution in [0.3, 0.4) is 0 Å². The first kappa shape index (κ1) is 14.0. The topological polar surface area (TPSA) is 24.9 Å². The number of benzene rings is 1. The third-order valence-corrected chi connectivity index (χ3v) is 5.61. The van der Waals surface area contributed by atoms with E-state index in [2.05, 4.69) is 52.8 Å². The Morgan fingerprint density at radius 3 is 2.45 bits per heavy atom. The summed E-state index contributed by atoms with van der Waals surface area (Å²) in [6.45, 7) is 0.887. The lowest BCUT2D eigenvalue weighted by atomic mass is 9.53. The van der Waals surface area contributed by atoms with E-state index in [4.69, 9.17) is 0 Å². The lowest BCUT2D eigenvalue weighted by Crippen LogP contribution is -2.57. The van der Waals surface area contributed by atoms with Crippen molar-refractivity contribution in [3.05, 3.63) is 66.0 Å². The Balaban J connectivity index is 1.50. The number of hydrogen-bond acceptors (Lipinski definition) is 2. The number of pyridine rings is 1. The highest BCUT2D eigenvalue weighted by molar-refractivity contribution is 5.28. The van der Waals surface area contributed by atoms with E-state index in [1.165, 1.54) is 31.2 Å². The molecule has 0 saturated heterocycles. The van der Waals surface area contributed by atoms with Crippen molar-refractivity contribution in [1.29, 1.82) is 0 Å². The van der Waals surface area contributed by atoms with Gasteiger partial charge in [0.2, 0.25) is 0 Å². The van der Waals surface area contributed by atoms with Crippen molar-refractivity contribution in [2.75, 3.05) is 0 Å². The van der Waals surface area contributed by atoms with Gasteiger partial charge in [0.25, 0.3) is 0 Å². The largest absolute Gasteiger partial charge is 0.307 e. The summed E-state index contributed by atoms with van der Waals surface area (Å²) in [6, 6.07) is 17.9. The number of fused-ring (bicyclic) bond motifs is 1. The molecule has 4 rings (SSSR count). The molecule has 2 fully saturated rings. The summed E-state index contributed by atoms with van der Waals surface area (Å²) < 4.78 is 0. The number of nitrogens with zero attached hydrogens (tertiary/aromatic N) is 1. The summed E-state index contributed by atoms with van der Waals surface area (Å²) >= 11 is 0. The molecule has 0 unspecified atom stereocenters. The highest BCUT2D eigenvalue weighted by atomic mass is 15.0. The van der Waals surface area contributed by atoms with Gasteiger partial charge in [0.1, 0.15) is 0 Å². The number of aromatic nitrogens is 1. The fourth-order valence-electron chi connectivity index (χ4n) is 4.60. The molecule has 0 radical (unpaired) electrons. The Hall–Kier alpha value is -1.67. The molecule has 22 heavy (non-hydrogen) atoms. The van der Waals surface area contributed by atoms with Gasteiger partial charge in [-0.25, -0.2) is 0 Å². The molecule has 114 valence electrons. The molecule has 2 nitrogen and oxygen atoms in total. The lowest BCUT2D eigenvalue weighted by molar-refractivity contribution is 0.0252. The van der Waals surface area contributed by atoms with Gasteiger partial charge in [0.05, 0.1) is 5.69 Å². The van der Waals surface area contributed by atoms with Crippen LogP contribution in [-0.2, 0) is 6.54 Å². The van der Waals surface area contributed by atoms with Gasteiger partial charge in [-0.15, -0.1) is 0 Å². The van der Waals surface area contributed by atoms with Crippen LogP contribution in [-0.4, -0.2) is 11.0 Å². The zero-order valence-corrected chi connectivity index (χ0v) is 13.0. The van der Waals surface area contributed by atoms with Crippen LogP contribution < -0.4 is 5.32 Å². The van der Waals surface area contributed by atoms with Crippen LogP contribution in [0.5, 0.6) is 0 Å². The lowest BCUT2D eigenvalue weighted by Gasteiger charge is -2.55. The maximum Gasteiger partial charge on any atom is 0.0541 e. The Kier molecular flexibility index (Phi) is 3.94. The monoisotopic (exact) mass is 292 g/mol.